The Morgan fingerprint density at radius 1 is 1.13 bits per heavy atom. The van der Waals surface area contributed by atoms with Crippen LogP contribution in [0.4, 0.5) is 0 Å². The molecule has 0 aromatic carbocycles. The van der Waals surface area contributed by atoms with Gasteiger partial charge in [0.15, 0.2) is 11.6 Å². The first-order valence-electron chi connectivity index (χ1n) is 14.3. The molecule has 3 aliphatic heterocycles. The zero-order valence-electron chi connectivity index (χ0n) is 23.4. The van der Waals surface area contributed by atoms with Gasteiger partial charge in [0, 0.05) is 6.61 Å². The molecule has 1 spiro atoms. The number of hydrogen-bond donors (Lipinski definition) is 3. The van der Waals surface area contributed by atoms with Crippen LogP contribution in [0.25, 0.3) is 0 Å². The Labute approximate surface area is 228 Å². The molecule has 39 heavy (non-hydrogen) atoms. The largest absolute Gasteiger partial charge is 0.459 e. The maximum Gasteiger partial charge on any atom is 0.306 e. The van der Waals surface area contributed by atoms with E-state index in [2.05, 4.69) is 0 Å². The molecule has 1 saturated carbocycles. The molecule has 0 aromatic rings. The van der Waals surface area contributed by atoms with Crippen LogP contribution in [0.5, 0.6) is 0 Å². The second kappa shape index (κ2) is 8.10. The lowest BCUT2D eigenvalue weighted by Gasteiger charge is -2.66. The number of Topliss-reactive ketones (excluding diaryl/α,β-unsaturated/α-hetero) is 1. The molecule has 0 aromatic heterocycles. The minimum Gasteiger partial charge on any atom is -0.459 e. The lowest BCUT2D eigenvalue weighted by molar-refractivity contribution is -0.388. The molecule has 6 rings (SSSR count). The Hall–Kier alpha value is -1.91. The Morgan fingerprint density at radius 3 is 2.51 bits per heavy atom. The van der Waals surface area contributed by atoms with E-state index < -0.39 is 75.1 Å². The average Bonchev–Trinajstić information content (AvgIpc) is 3.13. The van der Waals surface area contributed by atoms with Gasteiger partial charge in [0.2, 0.25) is 5.79 Å². The maximum atomic E-state index is 14.8. The molecule has 0 amide bonds. The van der Waals surface area contributed by atoms with Crippen LogP contribution in [0, 0.1) is 28.6 Å². The quantitative estimate of drug-likeness (QED) is 0.360. The van der Waals surface area contributed by atoms with Crippen LogP contribution in [-0.4, -0.2) is 74.3 Å². The number of carbonyl (C=O) groups is 3. The first-order valence-corrected chi connectivity index (χ1v) is 14.3. The second-order valence-corrected chi connectivity index (χ2v) is 13.3. The fourth-order valence-corrected chi connectivity index (χ4v) is 9.73. The van der Waals surface area contributed by atoms with Crippen molar-refractivity contribution in [2.75, 3.05) is 6.61 Å². The van der Waals surface area contributed by atoms with Crippen LogP contribution >= 0.6 is 0 Å². The first-order chi connectivity index (χ1) is 18.2. The molecule has 3 aliphatic carbocycles. The van der Waals surface area contributed by atoms with E-state index in [9.17, 15) is 29.7 Å². The average molecular weight is 545 g/mol. The third-order valence-electron chi connectivity index (χ3n) is 11.6. The number of rotatable bonds is 3. The number of ketones is 2. The van der Waals surface area contributed by atoms with Crippen molar-refractivity contribution in [2.24, 2.45) is 28.6 Å². The van der Waals surface area contributed by atoms with Gasteiger partial charge >= 0.3 is 5.97 Å². The molecule has 5 unspecified atom stereocenters. The standard InChI is InChI=1S/C30H40O9/c1-6-28(35)12-11-17-22(18(31)13-16-9-8-10-19(32)26(16,17)4)29(36)24(34)23-25(3)14-20(38-21(33)15-25)27(5,37-7-2)30(23,28)39-29/h8,10,13,17-18,20,22-23,31,35-36H,6-7,9,11-12,14-15H2,1-5H3/t17?,18-,20?,22?,23?,25?,26-,27-,28-,29+,30-/m0/s1. The highest BCUT2D eigenvalue weighted by Gasteiger charge is 2.86. The van der Waals surface area contributed by atoms with Crippen molar-refractivity contribution in [3.8, 4) is 0 Å². The van der Waals surface area contributed by atoms with Gasteiger partial charge in [-0.15, -0.1) is 0 Å². The lowest BCUT2D eigenvalue weighted by Crippen LogP contribution is -2.80. The van der Waals surface area contributed by atoms with Crippen molar-refractivity contribution >= 4 is 17.5 Å². The van der Waals surface area contributed by atoms with Crippen LogP contribution in [0.2, 0.25) is 0 Å². The van der Waals surface area contributed by atoms with E-state index in [0.29, 0.717) is 12.8 Å². The topological polar surface area (TPSA) is 140 Å². The van der Waals surface area contributed by atoms with E-state index in [1.54, 1.807) is 39.8 Å². The van der Waals surface area contributed by atoms with E-state index in [1.807, 2.05) is 6.92 Å². The summed E-state index contributed by atoms with van der Waals surface area (Å²) in [6.45, 7) is 9.09. The highest BCUT2D eigenvalue weighted by Crippen LogP contribution is 2.71. The van der Waals surface area contributed by atoms with Gasteiger partial charge in [0.25, 0.3) is 0 Å². The Morgan fingerprint density at radius 2 is 1.85 bits per heavy atom. The maximum absolute atomic E-state index is 14.8. The summed E-state index contributed by atoms with van der Waals surface area (Å²) >= 11 is 0. The Kier molecular flexibility index (Phi) is 5.66. The number of aliphatic hydroxyl groups is 3. The van der Waals surface area contributed by atoms with Crippen molar-refractivity contribution < 1.29 is 43.9 Å². The third kappa shape index (κ3) is 2.96. The van der Waals surface area contributed by atoms with Crippen molar-refractivity contribution in [3.63, 3.8) is 0 Å². The Balaban J connectivity index is 1.64. The van der Waals surface area contributed by atoms with Crippen LogP contribution < -0.4 is 0 Å². The number of ether oxygens (including phenoxy) is 3. The zero-order chi connectivity index (χ0) is 28.4. The van der Waals surface area contributed by atoms with E-state index >= 15 is 0 Å². The van der Waals surface area contributed by atoms with Gasteiger partial charge < -0.3 is 29.5 Å². The summed E-state index contributed by atoms with van der Waals surface area (Å²) in [5.41, 5.74) is -6.27. The molecule has 11 atom stereocenters. The highest BCUT2D eigenvalue weighted by atomic mass is 16.7. The monoisotopic (exact) mass is 544 g/mol. The molecular weight excluding hydrogens is 504 g/mol. The number of hydrogen-bond acceptors (Lipinski definition) is 9. The fraction of sp³-hybridized carbons (Fsp3) is 0.767. The van der Waals surface area contributed by atoms with Gasteiger partial charge in [-0.2, -0.15) is 0 Å². The molecule has 4 bridgehead atoms. The van der Waals surface area contributed by atoms with Crippen LogP contribution in [0.15, 0.2) is 23.8 Å². The summed E-state index contributed by atoms with van der Waals surface area (Å²) in [6, 6.07) is 0. The SMILES string of the molecule is CCO[C@@]1(C)C2CC(C)(CC(=O)O2)C2C(=O)[C@]3(O)O[C@@]21[C@](O)(CC)CCC1C3[C@@H](O)C=C2CC=CC(=O)[C@@]21C. The second-order valence-electron chi connectivity index (χ2n) is 13.3. The molecule has 3 heterocycles. The summed E-state index contributed by atoms with van der Waals surface area (Å²) in [5, 5.41) is 36.8. The molecule has 214 valence electrons. The smallest absolute Gasteiger partial charge is 0.306 e. The summed E-state index contributed by atoms with van der Waals surface area (Å²) in [7, 11) is 0. The predicted molar refractivity (Wildman–Crippen MR) is 137 cm³/mol. The van der Waals surface area contributed by atoms with Crippen molar-refractivity contribution in [2.45, 2.75) is 108 Å². The van der Waals surface area contributed by atoms with Crippen molar-refractivity contribution in [3.05, 3.63) is 23.8 Å². The molecule has 6 aliphatic rings. The van der Waals surface area contributed by atoms with E-state index in [0.717, 1.165) is 5.57 Å². The predicted octanol–water partition coefficient (Wildman–Crippen LogP) is 2.15. The van der Waals surface area contributed by atoms with E-state index in [-0.39, 0.29) is 38.1 Å². The molecule has 3 saturated heterocycles. The summed E-state index contributed by atoms with van der Waals surface area (Å²) in [4.78, 5) is 41.1. The number of allylic oxidation sites excluding steroid dienone is 3. The minimum absolute atomic E-state index is 0.0786. The molecule has 9 heteroatoms. The van der Waals surface area contributed by atoms with Gasteiger partial charge in [0.1, 0.15) is 17.3 Å². The van der Waals surface area contributed by atoms with Gasteiger partial charge in [-0.25, -0.2) is 0 Å². The summed E-state index contributed by atoms with van der Waals surface area (Å²) < 4.78 is 18.9. The highest BCUT2D eigenvalue weighted by molar-refractivity contribution is 5.99. The van der Waals surface area contributed by atoms with Crippen LogP contribution in [0.3, 0.4) is 0 Å². The van der Waals surface area contributed by atoms with E-state index in [1.165, 1.54) is 6.08 Å². The molecule has 9 nitrogen and oxygen atoms in total. The van der Waals surface area contributed by atoms with Crippen molar-refractivity contribution in [1.29, 1.82) is 0 Å². The number of aliphatic hydroxyl groups excluding tert-OH is 1. The summed E-state index contributed by atoms with van der Waals surface area (Å²) in [5.74, 6) is -6.81. The third-order valence-corrected chi connectivity index (χ3v) is 11.6. The molecule has 4 fully saturated rings. The number of fused-ring (bicyclic) bond motifs is 8. The Bertz CT molecular complexity index is 1210. The minimum atomic E-state index is -2.54. The number of esters is 1. The number of carbonyl (C=O) groups excluding carboxylic acids is 3. The summed E-state index contributed by atoms with van der Waals surface area (Å²) in [6.07, 6.45) is 4.05. The van der Waals surface area contributed by atoms with Gasteiger partial charge in [-0.1, -0.05) is 31.6 Å². The van der Waals surface area contributed by atoms with E-state index in [4.69, 9.17) is 14.2 Å². The van der Waals surface area contributed by atoms with Gasteiger partial charge in [0.05, 0.1) is 35.4 Å². The molecule has 3 N–H and O–H groups in total. The fourth-order valence-electron chi connectivity index (χ4n) is 9.73. The van der Waals surface area contributed by atoms with Crippen LogP contribution in [0.1, 0.15) is 73.1 Å². The van der Waals surface area contributed by atoms with Crippen molar-refractivity contribution in [1.82, 2.24) is 0 Å². The van der Waals surface area contributed by atoms with Gasteiger partial charge in [-0.3, -0.25) is 14.4 Å². The first kappa shape index (κ1) is 27.3. The van der Waals surface area contributed by atoms with Gasteiger partial charge in [-0.05, 0) is 70.3 Å². The zero-order valence-corrected chi connectivity index (χ0v) is 23.4. The lowest BCUT2D eigenvalue weighted by atomic mass is 9.47. The molecule has 0 radical (unpaired) electrons. The normalized spacial score (nSPS) is 54.1. The van der Waals surface area contributed by atoms with Crippen LogP contribution in [-0.2, 0) is 28.6 Å². The molecular formula is C30H40O9.